The Kier molecular flexibility index (Phi) is 6.99. The van der Waals surface area contributed by atoms with Crippen LogP contribution in [0.2, 0.25) is 0 Å². The van der Waals surface area contributed by atoms with Gasteiger partial charge in [-0.3, -0.25) is 9.59 Å². The normalized spacial score (nSPS) is 32.7. The summed E-state index contributed by atoms with van der Waals surface area (Å²) in [6, 6.07) is 0. The topological polar surface area (TPSA) is 132 Å². The zero-order valence-corrected chi connectivity index (χ0v) is 11.8. The predicted molar refractivity (Wildman–Crippen MR) is 66.3 cm³/mol. The lowest BCUT2D eigenvalue weighted by atomic mass is 9.99. The molecule has 0 aromatic rings. The van der Waals surface area contributed by atoms with Crippen molar-refractivity contribution in [2.75, 3.05) is 20.8 Å². The highest BCUT2D eigenvalue weighted by atomic mass is 16.7. The Morgan fingerprint density at radius 1 is 1.10 bits per heavy atom. The van der Waals surface area contributed by atoms with Crippen molar-refractivity contribution >= 4 is 11.9 Å². The molecule has 9 nitrogen and oxygen atoms in total. The second-order valence-corrected chi connectivity index (χ2v) is 4.54. The molecule has 1 heterocycles. The molecule has 3 N–H and O–H groups in total. The van der Waals surface area contributed by atoms with E-state index in [4.69, 9.17) is 24.1 Å². The van der Waals surface area contributed by atoms with Gasteiger partial charge < -0.3 is 34.3 Å². The fourth-order valence-corrected chi connectivity index (χ4v) is 1.97. The van der Waals surface area contributed by atoms with Crippen molar-refractivity contribution in [3.8, 4) is 0 Å². The molecular weight excluding hydrogens is 288 g/mol. The summed E-state index contributed by atoms with van der Waals surface area (Å²) < 4.78 is 20.0. The standard InChI is InChI=1S/C12H20O9/c1-18-11-9(16)6(21-12(19-2)10(11)17)5-20-8(15)4-3-7(13)14/h6,9-12,16-17H,3-5H2,1-2H3,(H,13,14)/t6?,9-,10?,11+,12+/m1/s1. The summed E-state index contributed by atoms with van der Waals surface area (Å²) >= 11 is 0. The molecule has 122 valence electrons. The van der Waals surface area contributed by atoms with Gasteiger partial charge in [0.05, 0.1) is 12.8 Å². The number of hydrogen-bond donors (Lipinski definition) is 3. The largest absolute Gasteiger partial charge is 0.481 e. The first kappa shape index (κ1) is 17.8. The van der Waals surface area contributed by atoms with Gasteiger partial charge in [-0.1, -0.05) is 0 Å². The van der Waals surface area contributed by atoms with Gasteiger partial charge in [0.1, 0.15) is 31.0 Å². The summed E-state index contributed by atoms with van der Waals surface area (Å²) in [7, 11) is 2.62. The quantitative estimate of drug-likeness (QED) is 0.481. The molecule has 1 aliphatic heterocycles. The molecule has 9 heteroatoms. The summed E-state index contributed by atoms with van der Waals surface area (Å²) in [6.45, 7) is -0.300. The molecule has 0 saturated carbocycles. The number of methoxy groups -OCH3 is 2. The van der Waals surface area contributed by atoms with E-state index in [1.807, 2.05) is 0 Å². The van der Waals surface area contributed by atoms with Gasteiger partial charge in [-0.15, -0.1) is 0 Å². The first-order valence-corrected chi connectivity index (χ1v) is 6.35. The van der Waals surface area contributed by atoms with Crippen molar-refractivity contribution in [1.29, 1.82) is 0 Å². The van der Waals surface area contributed by atoms with E-state index in [0.29, 0.717) is 0 Å². The van der Waals surface area contributed by atoms with Crippen LogP contribution in [0.25, 0.3) is 0 Å². The van der Waals surface area contributed by atoms with Crippen LogP contribution >= 0.6 is 0 Å². The van der Waals surface area contributed by atoms with E-state index < -0.39 is 42.6 Å². The van der Waals surface area contributed by atoms with Crippen LogP contribution < -0.4 is 0 Å². The summed E-state index contributed by atoms with van der Waals surface area (Å²) in [4.78, 5) is 21.7. The number of aliphatic hydroxyl groups is 2. The van der Waals surface area contributed by atoms with Crippen LogP contribution in [0.1, 0.15) is 12.8 Å². The number of carboxylic acid groups (broad SMARTS) is 1. The maximum Gasteiger partial charge on any atom is 0.306 e. The van der Waals surface area contributed by atoms with Crippen molar-refractivity contribution in [2.45, 2.75) is 43.5 Å². The molecule has 0 aromatic heterocycles. The fraction of sp³-hybridized carbons (Fsp3) is 0.833. The number of hydrogen-bond acceptors (Lipinski definition) is 8. The summed E-state index contributed by atoms with van der Waals surface area (Å²) in [5.74, 6) is -1.83. The summed E-state index contributed by atoms with van der Waals surface area (Å²) in [6.07, 6.45) is -5.95. The second kappa shape index (κ2) is 8.25. The Hall–Kier alpha value is -1.26. The van der Waals surface area contributed by atoms with Gasteiger partial charge in [0.2, 0.25) is 0 Å². The van der Waals surface area contributed by atoms with Gasteiger partial charge >= 0.3 is 11.9 Å². The van der Waals surface area contributed by atoms with Crippen molar-refractivity contribution in [1.82, 2.24) is 0 Å². The van der Waals surface area contributed by atoms with Crippen molar-refractivity contribution < 1.29 is 43.9 Å². The van der Waals surface area contributed by atoms with E-state index in [2.05, 4.69) is 0 Å². The highest BCUT2D eigenvalue weighted by Crippen LogP contribution is 2.24. The van der Waals surface area contributed by atoms with Crippen molar-refractivity contribution in [3.05, 3.63) is 0 Å². The molecule has 0 aromatic carbocycles. The first-order chi connectivity index (χ1) is 9.90. The third kappa shape index (κ3) is 4.90. The fourth-order valence-electron chi connectivity index (χ4n) is 1.97. The van der Waals surface area contributed by atoms with E-state index in [-0.39, 0.29) is 19.4 Å². The lowest BCUT2D eigenvalue weighted by Gasteiger charge is -2.40. The summed E-state index contributed by atoms with van der Waals surface area (Å²) in [5, 5.41) is 28.3. The molecule has 0 spiro atoms. The average molecular weight is 308 g/mol. The van der Waals surface area contributed by atoms with E-state index in [9.17, 15) is 19.8 Å². The number of carbonyl (C=O) groups is 2. The maximum absolute atomic E-state index is 11.3. The number of carbonyl (C=O) groups excluding carboxylic acids is 1. The number of aliphatic hydroxyl groups excluding tert-OH is 2. The highest BCUT2D eigenvalue weighted by Gasteiger charge is 2.45. The third-order valence-electron chi connectivity index (χ3n) is 3.10. The third-order valence-corrected chi connectivity index (χ3v) is 3.10. The van der Waals surface area contributed by atoms with Crippen molar-refractivity contribution in [3.63, 3.8) is 0 Å². The number of carboxylic acids is 1. The molecular formula is C12H20O9. The molecule has 0 amide bonds. The van der Waals surface area contributed by atoms with Crippen LogP contribution in [0.4, 0.5) is 0 Å². The van der Waals surface area contributed by atoms with Gasteiger partial charge in [-0.05, 0) is 0 Å². The van der Waals surface area contributed by atoms with Gasteiger partial charge in [-0.2, -0.15) is 0 Å². The van der Waals surface area contributed by atoms with Crippen LogP contribution in [-0.4, -0.2) is 78.8 Å². The molecule has 21 heavy (non-hydrogen) atoms. The van der Waals surface area contributed by atoms with Crippen LogP contribution in [0, 0.1) is 0 Å². The molecule has 0 aliphatic carbocycles. The zero-order valence-electron chi connectivity index (χ0n) is 11.8. The minimum atomic E-state index is -1.22. The minimum absolute atomic E-state index is 0.276. The van der Waals surface area contributed by atoms with Gasteiger partial charge in [0.25, 0.3) is 0 Å². The van der Waals surface area contributed by atoms with E-state index in [1.165, 1.54) is 14.2 Å². The number of ether oxygens (including phenoxy) is 4. The van der Waals surface area contributed by atoms with Gasteiger partial charge in [0, 0.05) is 14.2 Å². The molecule has 2 unspecified atom stereocenters. The van der Waals surface area contributed by atoms with E-state index in [0.717, 1.165) is 0 Å². The second-order valence-electron chi connectivity index (χ2n) is 4.54. The van der Waals surface area contributed by atoms with Gasteiger partial charge in [0.15, 0.2) is 6.29 Å². The van der Waals surface area contributed by atoms with Crippen LogP contribution in [0.3, 0.4) is 0 Å². The molecule has 1 saturated heterocycles. The van der Waals surface area contributed by atoms with Crippen LogP contribution in [-0.2, 0) is 28.5 Å². The Morgan fingerprint density at radius 2 is 1.76 bits per heavy atom. The molecule has 0 radical (unpaired) electrons. The number of rotatable bonds is 7. The van der Waals surface area contributed by atoms with E-state index in [1.54, 1.807) is 0 Å². The Balaban J connectivity index is 2.53. The lowest BCUT2D eigenvalue weighted by Crippen LogP contribution is -2.59. The number of esters is 1. The number of aliphatic carboxylic acids is 1. The predicted octanol–water partition coefficient (Wildman–Crippen LogP) is -1.50. The zero-order chi connectivity index (χ0) is 16.0. The van der Waals surface area contributed by atoms with Crippen LogP contribution in [0.15, 0.2) is 0 Å². The monoisotopic (exact) mass is 308 g/mol. The maximum atomic E-state index is 11.3. The Bertz CT molecular complexity index is 359. The molecule has 1 fully saturated rings. The first-order valence-electron chi connectivity index (χ1n) is 6.35. The summed E-state index contributed by atoms with van der Waals surface area (Å²) in [5.41, 5.74) is 0. The van der Waals surface area contributed by atoms with Crippen LogP contribution in [0.5, 0.6) is 0 Å². The molecule has 1 rings (SSSR count). The Morgan fingerprint density at radius 3 is 2.29 bits per heavy atom. The molecule has 0 bridgehead atoms. The highest BCUT2D eigenvalue weighted by molar-refractivity contribution is 5.76. The molecule has 1 aliphatic rings. The Labute approximate surface area is 121 Å². The molecule has 5 atom stereocenters. The smallest absolute Gasteiger partial charge is 0.306 e. The average Bonchev–Trinajstić information content (AvgIpc) is 2.45. The van der Waals surface area contributed by atoms with Gasteiger partial charge in [-0.25, -0.2) is 0 Å². The van der Waals surface area contributed by atoms with Crippen molar-refractivity contribution in [2.24, 2.45) is 0 Å². The SMILES string of the molecule is CO[C@H]1OC(COC(=O)CCC(=O)O)[C@@H](O)[C@H](OC)C1O. The van der Waals surface area contributed by atoms with E-state index >= 15 is 0 Å². The minimum Gasteiger partial charge on any atom is -0.481 e. The lowest BCUT2D eigenvalue weighted by molar-refractivity contribution is -0.298.